The van der Waals surface area contributed by atoms with Gasteiger partial charge >= 0.3 is 0 Å². The van der Waals surface area contributed by atoms with Gasteiger partial charge in [-0.1, -0.05) is 11.6 Å². The number of hydrogen-bond acceptors (Lipinski definition) is 5. The molecule has 1 aromatic heterocycles. The first-order valence-electron chi connectivity index (χ1n) is 9.58. The fourth-order valence-corrected chi connectivity index (χ4v) is 3.68. The lowest BCUT2D eigenvalue weighted by Gasteiger charge is -2.18. The molecule has 2 heterocycles. The zero-order valence-electron chi connectivity index (χ0n) is 16.2. The SMILES string of the molecule is Cc1cc(Nc2ccc(N3CCCC3)cc2)nc(Nc2ccc(Cl)cc2C)n1. The van der Waals surface area contributed by atoms with E-state index < -0.39 is 0 Å². The van der Waals surface area contributed by atoms with Crippen LogP contribution in [-0.4, -0.2) is 23.1 Å². The van der Waals surface area contributed by atoms with Crippen LogP contribution >= 0.6 is 11.6 Å². The standard InChI is InChI=1S/C22H24ClN5/c1-15-13-17(23)5-10-20(15)26-22-24-16(2)14-21(27-22)25-18-6-8-19(9-7-18)28-11-3-4-12-28/h5-10,13-14H,3-4,11-12H2,1-2H3,(H2,24,25,26,27). The topological polar surface area (TPSA) is 53.1 Å². The Bertz CT molecular complexity index is 965. The number of nitrogens with one attached hydrogen (secondary N) is 2. The lowest BCUT2D eigenvalue weighted by atomic mass is 10.2. The molecule has 0 radical (unpaired) electrons. The van der Waals surface area contributed by atoms with Crippen molar-refractivity contribution in [3.05, 3.63) is 64.8 Å². The van der Waals surface area contributed by atoms with Gasteiger partial charge in [-0.3, -0.25) is 0 Å². The molecule has 0 unspecified atom stereocenters. The Labute approximate surface area is 170 Å². The average Bonchev–Trinajstić information content (AvgIpc) is 3.19. The van der Waals surface area contributed by atoms with Crippen LogP contribution in [0.5, 0.6) is 0 Å². The average molecular weight is 394 g/mol. The van der Waals surface area contributed by atoms with Gasteiger partial charge < -0.3 is 15.5 Å². The lowest BCUT2D eigenvalue weighted by molar-refractivity contribution is 0.949. The van der Waals surface area contributed by atoms with Crippen LogP contribution in [-0.2, 0) is 0 Å². The Balaban J connectivity index is 1.50. The maximum atomic E-state index is 6.04. The summed E-state index contributed by atoms with van der Waals surface area (Å²) in [6.45, 7) is 6.27. The minimum atomic E-state index is 0.557. The summed E-state index contributed by atoms with van der Waals surface area (Å²) in [4.78, 5) is 11.5. The molecule has 2 aromatic carbocycles. The molecule has 1 fully saturated rings. The van der Waals surface area contributed by atoms with Gasteiger partial charge in [-0.2, -0.15) is 4.98 Å². The predicted molar refractivity (Wildman–Crippen MR) is 117 cm³/mol. The van der Waals surface area contributed by atoms with E-state index in [0.717, 1.165) is 41.5 Å². The molecule has 1 aliphatic heterocycles. The maximum absolute atomic E-state index is 6.04. The van der Waals surface area contributed by atoms with Crippen LogP contribution in [0.25, 0.3) is 0 Å². The van der Waals surface area contributed by atoms with Crippen molar-refractivity contribution in [1.29, 1.82) is 0 Å². The van der Waals surface area contributed by atoms with Gasteiger partial charge in [-0.15, -0.1) is 0 Å². The molecule has 144 valence electrons. The van der Waals surface area contributed by atoms with E-state index in [1.54, 1.807) is 0 Å². The van der Waals surface area contributed by atoms with Crippen molar-refractivity contribution >= 4 is 40.4 Å². The minimum Gasteiger partial charge on any atom is -0.372 e. The van der Waals surface area contributed by atoms with Gasteiger partial charge in [0.25, 0.3) is 0 Å². The first-order chi connectivity index (χ1) is 13.6. The Morgan fingerprint density at radius 1 is 0.893 bits per heavy atom. The molecule has 0 saturated carbocycles. The molecule has 0 amide bonds. The monoisotopic (exact) mass is 393 g/mol. The van der Waals surface area contributed by atoms with Crippen molar-refractivity contribution in [2.75, 3.05) is 28.6 Å². The van der Waals surface area contributed by atoms with Crippen LogP contribution in [0, 0.1) is 13.8 Å². The first kappa shape index (κ1) is 18.6. The fraction of sp³-hybridized carbons (Fsp3) is 0.273. The molecule has 0 bridgehead atoms. The van der Waals surface area contributed by atoms with Gasteiger partial charge in [0, 0.05) is 46.9 Å². The van der Waals surface area contributed by atoms with Crippen molar-refractivity contribution in [2.24, 2.45) is 0 Å². The number of aryl methyl sites for hydroxylation is 2. The summed E-state index contributed by atoms with van der Waals surface area (Å²) in [6, 6.07) is 16.2. The third-order valence-corrected chi connectivity index (χ3v) is 5.14. The number of aromatic nitrogens is 2. The third-order valence-electron chi connectivity index (χ3n) is 4.90. The molecule has 28 heavy (non-hydrogen) atoms. The van der Waals surface area contributed by atoms with Crippen molar-refractivity contribution in [2.45, 2.75) is 26.7 Å². The van der Waals surface area contributed by atoms with Gasteiger partial charge in [0.05, 0.1) is 0 Å². The van der Waals surface area contributed by atoms with E-state index in [-0.39, 0.29) is 0 Å². The fourth-order valence-electron chi connectivity index (χ4n) is 3.46. The van der Waals surface area contributed by atoms with Crippen LogP contribution in [0.15, 0.2) is 48.5 Å². The van der Waals surface area contributed by atoms with Gasteiger partial charge in [-0.05, 0) is 74.7 Å². The molecule has 1 saturated heterocycles. The van der Waals surface area contributed by atoms with E-state index in [0.29, 0.717) is 11.0 Å². The highest BCUT2D eigenvalue weighted by Crippen LogP contribution is 2.25. The molecular weight excluding hydrogens is 370 g/mol. The van der Waals surface area contributed by atoms with Crippen LogP contribution in [0.1, 0.15) is 24.1 Å². The zero-order valence-corrected chi connectivity index (χ0v) is 16.9. The Morgan fingerprint density at radius 3 is 2.36 bits per heavy atom. The van der Waals surface area contributed by atoms with Crippen molar-refractivity contribution in [3.63, 3.8) is 0 Å². The minimum absolute atomic E-state index is 0.557. The summed E-state index contributed by atoms with van der Waals surface area (Å²) in [7, 11) is 0. The first-order valence-corrected chi connectivity index (χ1v) is 9.95. The van der Waals surface area contributed by atoms with Gasteiger partial charge in [-0.25, -0.2) is 4.98 Å². The Morgan fingerprint density at radius 2 is 1.64 bits per heavy atom. The molecule has 0 atom stereocenters. The second-order valence-corrected chi connectivity index (χ2v) is 7.60. The molecule has 1 aliphatic rings. The Hall–Kier alpha value is -2.79. The molecule has 4 rings (SSSR count). The molecule has 2 N–H and O–H groups in total. The summed E-state index contributed by atoms with van der Waals surface area (Å²) in [6.07, 6.45) is 2.56. The molecule has 3 aromatic rings. The highest BCUT2D eigenvalue weighted by atomic mass is 35.5. The molecule has 6 heteroatoms. The molecule has 5 nitrogen and oxygen atoms in total. The van der Waals surface area contributed by atoms with Crippen molar-refractivity contribution in [3.8, 4) is 0 Å². The number of rotatable bonds is 5. The summed E-state index contributed by atoms with van der Waals surface area (Å²) in [5, 5.41) is 7.38. The van der Waals surface area contributed by atoms with E-state index in [1.807, 2.05) is 38.1 Å². The highest BCUT2D eigenvalue weighted by Gasteiger charge is 2.12. The summed E-state index contributed by atoms with van der Waals surface area (Å²) < 4.78 is 0. The number of anilines is 5. The Kier molecular flexibility index (Phi) is 5.35. The third kappa shape index (κ3) is 4.37. The number of benzene rings is 2. The zero-order chi connectivity index (χ0) is 19.5. The van der Waals surface area contributed by atoms with E-state index in [2.05, 4.69) is 49.8 Å². The second kappa shape index (κ2) is 8.07. The maximum Gasteiger partial charge on any atom is 0.229 e. The molecule has 0 aliphatic carbocycles. The summed E-state index contributed by atoms with van der Waals surface area (Å²) in [5.74, 6) is 1.32. The van der Waals surface area contributed by atoms with Crippen molar-refractivity contribution in [1.82, 2.24) is 9.97 Å². The van der Waals surface area contributed by atoms with Crippen LogP contribution in [0.4, 0.5) is 28.8 Å². The smallest absolute Gasteiger partial charge is 0.229 e. The van der Waals surface area contributed by atoms with E-state index in [4.69, 9.17) is 11.6 Å². The van der Waals surface area contributed by atoms with Gasteiger partial charge in [0.2, 0.25) is 5.95 Å². The summed E-state index contributed by atoms with van der Waals surface area (Å²) in [5.41, 5.74) is 5.16. The normalized spacial score (nSPS) is 13.6. The quantitative estimate of drug-likeness (QED) is 0.570. The van der Waals surface area contributed by atoms with Gasteiger partial charge in [0.15, 0.2) is 0 Å². The van der Waals surface area contributed by atoms with E-state index in [1.165, 1.54) is 18.5 Å². The van der Waals surface area contributed by atoms with E-state index >= 15 is 0 Å². The van der Waals surface area contributed by atoms with E-state index in [9.17, 15) is 0 Å². The highest BCUT2D eigenvalue weighted by molar-refractivity contribution is 6.30. The van der Waals surface area contributed by atoms with Crippen molar-refractivity contribution < 1.29 is 0 Å². The lowest BCUT2D eigenvalue weighted by Crippen LogP contribution is -2.17. The van der Waals surface area contributed by atoms with Crippen LogP contribution < -0.4 is 15.5 Å². The van der Waals surface area contributed by atoms with Crippen LogP contribution in [0.3, 0.4) is 0 Å². The second-order valence-electron chi connectivity index (χ2n) is 7.17. The predicted octanol–water partition coefficient (Wildman–Crippen LogP) is 5.83. The number of halogens is 1. The van der Waals surface area contributed by atoms with Crippen LogP contribution in [0.2, 0.25) is 5.02 Å². The molecule has 0 spiro atoms. The largest absolute Gasteiger partial charge is 0.372 e. The summed E-state index contributed by atoms with van der Waals surface area (Å²) >= 11 is 6.04. The number of hydrogen-bond donors (Lipinski definition) is 2. The van der Waals surface area contributed by atoms with Gasteiger partial charge in [0.1, 0.15) is 5.82 Å². The molecular formula is C22H24ClN5. The number of nitrogens with zero attached hydrogens (tertiary/aromatic N) is 3.